The molecule has 0 saturated carbocycles. The summed E-state index contributed by atoms with van der Waals surface area (Å²) in [5.41, 5.74) is 6.79. The van der Waals surface area contributed by atoms with Crippen molar-refractivity contribution in [2.75, 3.05) is 0 Å². The molecule has 0 aromatic heterocycles. The molecule has 9 heteroatoms. The molecule has 0 fully saturated rings. The quantitative estimate of drug-likeness (QED) is 0.232. The van der Waals surface area contributed by atoms with Crippen LogP contribution in [-0.4, -0.2) is 30.2 Å². The van der Waals surface area contributed by atoms with E-state index in [4.69, 9.17) is 4.21 Å². The van der Waals surface area contributed by atoms with Crippen LogP contribution in [-0.2, 0) is 41.5 Å². The summed E-state index contributed by atoms with van der Waals surface area (Å²) in [6, 6.07) is 29.8. The molecule has 2 aliphatic rings. The SMILES string of the molecule is Cc1ccccc1S(=O)(=O)[O-].Cc1ccccc1S(=O)(=O)[O-].[CH2]=[Zr+2]([CH]1C=Cc2ccccc21)[CH]1C=Cc2ccccc21. The molecule has 214 valence electrons. The Labute approximate surface area is 255 Å². The van der Waals surface area contributed by atoms with Crippen molar-refractivity contribution in [2.24, 2.45) is 0 Å². The van der Waals surface area contributed by atoms with Crippen LogP contribution in [0.2, 0.25) is 0 Å². The van der Waals surface area contributed by atoms with Crippen molar-refractivity contribution in [3.63, 3.8) is 0 Å². The first-order valence-electron chi connectivity index (χ1n) is 13.1. The van der Waals surface area contributed by atoms with Gasteiger partial charge in [0.25, 0.3) is 0 Å². The molecule has 0 aliphatic heterocycles. The van der Waals surface area contributed by atoms with Crippen LogP contribution in [0.5, 0.6) is 0 Å². The summed E-state index contributed by atoms with van der Waals surface area (Å²) in [4.78, 5) is -0.278. The van der Waals surface area contributed by atoms with Crippen molar-refractivity contribution in [1.82, 2.24) is 0 Å². The Balaban J connectivity index is 0.000000158. The molecule has 2 aliphatic carbocycles. The summed E-state index contributed by atoms with van der Waals surface area (Å²) < 4.78 is 68.9. The fraction of sp³-hybridized carbons (Fsp3) is 0.121. The number of benzene rings is 4. The number of aryl methyl sites for hydroxylation is 2. The average molecular weight is 678 g/mol. The molecular weight excluding hydrogens is 648 g/mol. The zero-order chi connectivity index (χ0) is 30.5. The molecule has 2 unspecified atom stereocenters. The van der Waals surface area contributed by atoms with E-state index in [9.17, 15) is 25.9 Å². The van der Waals surface area contributed by atoms with Crippen LogP contribution in [0.1, 0.15) is 40.6 Å². The summed E-state index contributed by atoms with van der Waals surface area (Å²) in [7, 11) is -8.57. The van der Waals surface area contributed by atoms with Gasteiger partial charge in [-0.05, 0) is 37.1 Å². The Morgan fingerprint density at radius 1 is 0.571 bits per heavy atom. The van der Waals surface area contributed by atoms with Gasteiger partial charge in [0.1, 0.15) is 20.2 Å². The third-order valence-corrected chi connectivity index (χ3v) is 15.5. The van der Waals surface area contributed by atoms with E-state index in [0.29, 0.717) is 18.4 Å². The Bertz CT molecular complexity index is 1760. The van der Waals surface area contributed by atoms with Crippen LogP contribution >= 0.6 is 0 Å². The van der Waals surface area contributed by atoms with Gasteiger partial charge in [0.2, 0.25) is 0 Å². The summed E-state index contributed by atoms with van der Waals surface area (Å²) in [5.74, 6) is 0. The van der Waals surface area contributed by atoms with Gasteiger partial charge in [-0.15, -0.1) is 0 Å². The van der Waals surface area contributed by atoms with Crippen LogP contribution in [0.25, 0.3) is 12.2 Å². The van der Waals surface area contributed by atoms with Crippen molar-refractivity contribution in [3.8, 4) is 0 Å². The van der Waals surface area contributed by atoms with Gasteiger partial charge in [-0.25, -0.2) is 16.8 Å². The monoisotopic (exact) mass is 676 g/mol. The van der Waals surface area contributed by atoms with Crippen LogP contribution in [0.4, 0.5) is 0 Å². The second-order valence-electron chi connectivity index (χ2n) is 9.95. The standard InChI is InChI=1S/2C9H7.2C7H8O3S.CH2.Zr/c2*1-2-5-9-7-3-6-8(9)4-1;2*1-6-4-2-3-5-7(6)11(8,9)10;;/h2*1-7H;2*2-5H,1H3,(H,8,9,10);1H2;/q;;;;;+2/p-2. The molecule has 4 aromatic rings. The molecule has 0 heterocycles. The number of allylic oxidation sites excluding steroid dienone is 2. The summed E-state index contributed by atoms with van der Waals surface area (Å²) in [6.07, 6.45) is 9.38. The molecule has 0 bridgehead atoms. The molecule has 0 saturated heterocycles. The zero-order valence-electron chi connectivity index (χ0n) is 23.2. The topological polar surface area (TPSA) is 114 Å². The van der Waals surface area contributed by atoms with Crippen LogP contribution < -0.4 is 0 Å². The minimum absolute atomic E-state index is 0.139. The number of hydrogen-bond donors (Lipinski definition) is 0. The van der Waals surface area contributed by atoms with E-state index < -0.39 is 41.5 Å². The molecule has 0 N–H and O–H groups in total. The second-order valence-corrected chi connectivity index (χ2v) is 18.5. The Morgan fingerprint density at radius 3 is 1.24 bits per heavy atom. The van der Waals surface area contributed by atoms with E-state index in [2.05, 4.69) is 72.8 Å². The average Bonchev–Trinajstić information content (AvgIpc) is 3.58. The minimum atomic E-state index is -4.28. The Morgan fingerprint density at radius 2 is 0.905 bits per heavy atom. The maximum absolute atomic E-state index is 10.5. The van der Waals surface area contributed by atoms with Crippen molar-refractivity contribution in [1.29, 1.82) is 0 Å². The number of rotatable bonds is 4. The predicted octanol–water partition coefficient (Wildman–Crippen LogP) is 6.37. The van der Waals surface area contributed by atoms with E-state index in [1.165, 1.54) is 46.5 Å². The molecule has 2 atom stereocenters. The van der Waals surface area contributed by atoms with Crippen molar-refractivity contribution in [3.05, 3.63) is 143 Å². The van der Waals surface area contributed by atoms with E-state index in [1.54, 1.807) is 38.1 Å². The Kier molecular flexibility index (Phi) is 10.2. The van der Waals surface area contributed by atoms with Crippen molar-refractivity contribution in [2.45, 2.75) is 30.9 Å². The van der Waals surface area contributed by atoms with Gasteiger partial charge in [0, 0.05) is 0 Å². The van der Waals surface area contributed by atoms with Gasteiger partial charge in [0.15, 0.2) is 0 Å². The molecule has 0 amide bonds. The third-order valence-electron chi connectivity index (χ3n) is 7.12. The fourth-order valence-electron chi connectivity index (χ4n) is 5.01. The van der Waals surface area contributed by atoms with E-state index >= 15 is 0 Å². The second kappa shape index (κ2) is 13.5. The fourth-order valence-corrected chi connectivity index (χ4v) is 12.3. The molecule has 6 rings (SSSR count). The van der Waals surface area contributed by atoms with E-state index in [0.717, 1.165) is 0 Å². The third kappa shape index (κ3) is 7.65. The van der Waals surface area contributed by atoms with Gasteiger partial charge >= 0.3 is 128 Å². The number of fused-ring (bicyclic) bond motifs is 2. The van der Waals surface area contributed by atoms with Gasteiger partial charge in [0.05, 0.1) is 9.79 Å². The first-order chi connectivity index (χ1) is 19.9. The van der Waals surface area contributed by atoms with Crippen molar-refractivity contribution < 1.29 is 47.2 Å². The molecule has 4 aromatic carbocycles. The van der Waals surface area contributed by atoms with Gasteiger partial charge < -0.3 is 9.11 Å². The summed E-state index contributed by atoms with van der Waals surface area (Å²) >= 11 is -1.85. The Hall–Kier alpha value is -3.07. The van der Waals surface area contributed by atoms with Gasteiger partial charge in [-0.2, -0.15) is 0 Å². The molecule has 42 heavy (non-hydrogen) atoms. The van der Waals surface area contributed by atoms with Crippen LogP contribution in [0.15, 0.2) is 119 Å². The normalized spacial score (nSPS) is 16.2. The van der Waals surface area contributed by atoms with E-state index in [-0.39, 0.29) is 9.79 Å². The van der Waals surface area contributed by atoms with Gasteiger partial charge in [-0.1, -0.05) is 36.4 Å². The first-order valence-corrected chi connectivity index (χ1v) is 20.5. The summed E-state index contributed by atoms with van der Waals surface area (Å²) in [6.45, 7) is 3.18. The predicted molar refractivity (Wildman–Crippen MR) is 162 cm³/mol. The molecular formula is C33H30O6S2Zr. The first kappa shape index (κ1) is 31.9. The van der Waals surface area contributed by atoms with Crippen LogP contribution in [0.3, 0.4) is 0 Å². The zero-order valence-corrected chi connectivity index (χ0v) is 27.3. The van der Waals surface area contributed by atoms with Crippen molar-refractivity contribution >= 4 is 36.6 Å². The molecule has 0 radical (unpaired) electrons. The summed E-state index contributed by atoms with van der Waals surface area (Å²) in [5, 5.41) is 0. The van der Waals surface area contributed by atoms with Crippen LogP contribution in [0, 0.1) is 13.8 Å². The van der Waals surface area contributed by atoms with Gasteiger partial charge in [-0.3, -0.25) is 0 Å². The molecule has 6 nitrogen and oxygen atoms in total. The molecule has 0 spiro atoms. The number of hydrogen-bond acceptors (Lipinski definition) is 6. The maximum atomic E-state index is 10.5. The van der Waals surface area contributed by atoms with E-state index in [1.807, 2.05) is 0 Å².